The lowest BCUT2D eigenvalue weighted by Crippen LogP contribution is -2.58. The van der Waals surface area contributed by atoms with Crippen molar-refractivity contribution in [1.82, 2.24) is 20.7 Å². The quantitative estimate of drug-likeness (QED) is 0.232. The average molecular weight is 633 g/mol. The summed E-state index contributed by atoms with van der Waals surface area (Å²) in [6.07, 6.45) is -4.75. The lowest BCUT2D eigenvalue weighted by molar-refractivity contribution is -0.192. The van der Waals surface area contributed by atoms with Gasteiger partial charge in [-0.25, -0.2) is 10.3 Å². The molecule has 0 unspecified atom stereocenters. The Balaban J connectivity index is 0.000000707. The Kier molecular flexibility index (Phi) is 11.1. The SMILES string of the molecule is Cc1cc(COc2ccc(C(=O)N[C@H]3CN(C(=O)C(C)(C)C)CC[C@@H]3C(=O)NO)cc2)c2ccccc2n1.O=C(O)C(F)(F)F. The van der Waals surface area contributed by atoms with Gasteiger partial charge < -0.3 is 20.1 Å². The van der Waals surface area contributed by atoms with E-state index in [9.17, 15) is 32.8 Å². The van der Waals surface area contributed by atoms with E-state index in [-0.39, 0.29) is 18.4 Å². The summed E-state index contributed by atoms with van der Waals surface area (Å²) in [5.41, 5.74) is 4.34. The van der Waals surface area contributed by atoms with E-state index in [1.165, 1.54) is 0 Å². The summed E-state index contributed by atoms with van der Waals surface area (Å²) < 4.78 is 37.7. The highest BCUT2D eigenvalue weighted by molar-refractivity contribution is 5.95. The number of hydrogen-bond donors (Lipinski definition) is 4. The molecule has 45 heavy (non-hydrogen) atoms. The normalized spacial score (nSPS) is 16.7. The number of aliphatic carboxylic acids is 1. The molecule has 1 fully saturated rings. The number of piperidine rings is 1. The minimum absolute atomic E-state index is 0.0572. The highest BCUT2D eigenvalue weighted by atomic mass is 19.4. The molecule has 0 saturated carbocycles. The van der Waals surface area contributed by atoms with Crippen LogP contribution in [0.5, 0.6) is 5.75 Å². The van der Waals surface area contributed by atoms with Gasteiger partial charge >= 0.3 is 12.1 Å². The molecule has 0 radical (unpaired) electrons. The summed E-state index contributed by atoms with van der Waals surface area (Å²) in [4.78, 5) is 53.2. The van der Waals surface area contributed by atoms with Crippen molar-refractivity contribution < 1.29 is 47.4 Å². The van der Waals surface area contributed by atoms with Crippen molar-refractivity contribution in [1.29, 1.82) is 0 Å². The van der Waals surface area contributed by atoms with Crippen LogP contribution in [0.25, 0.3) is 10.9 Å². The van der Waals surface area contributed by atoms with Crippen LogP contribution in [-0.2, 0) is 21.0 Å². The van der Waals surface area contributed by atoms with Gasteiger partial charge in [0.15, 0.2) is 0 Å². The zero-order valence-corrected chi connectivity index (χ0v) is 25.1. The van der Waals surface area contributed by atoms with Crippen molar-refractivity contribution in [2.24, 2.45) is 11.3 Å². The molecule has 2 atom stereocenters. The average Bonchev–Trinajstić information content (AvgIpc) is 2.98. The molecule has 14 heteroatoms. The van der Waals surface area contributed by atoms with Gasteiger partial charge in [-0.05, 0) is 49.7 Å². The molecule has 1 saturated heterocycles. The predicted octanol–water partition coefficient (Wildman–Crippen LogP) is 4.25. The zero-order valence-electron chi connectivity index (χ0n) is 25.1. The van der Waals surface area contributed by atoms with Crippen LogP contribution in [0.2, 0.25) is 0 Å². The van der Waals surface area contributed by atoms with E-state index in [0.29, 0.717) is 30.9 Å². The molecule has 0 aliphatic carbocycles. The molecule has 1 aromatic heterocycles. The van der Waals surface area contributed by atoms with Gasteiger partial charge in [0.05, 0.1) is 17.5 Å². The molecule has 1 aliphatic rings. The Bertz CT molecular complexity index is 1540. The number of benzene rings is 2. The maximum absolute atomic E-state index is 13.1. The summed E-state index contributed by atoms with van der Waals surface area (Å²) in [5, 5.41) is 20.2. The summed E-state index contributed by atoms with van der Waals surface area (Å²) in [6.45, 7) is 8.35. The molecule has 0 bridgehead atoms. The second-order valence-corrected chi connectivity index (χ2v) is 11.5. The third-order valence-corrected chi connectivity index (χ3v) is 6.99. The fourth-order valence-electron chi connectivity index (χ4n) is 4.78. The Labute approximate surface area is 257 Å². The number of para-hydroxylation sites is 1. The van der Waals surface area contributed by atoms with Crippen molar-refractivity contribution in [3.05, 3.63) is 71.4 Å². The number of amides is 3. The summed E-state index contributed by atoms with van der Waals surface area (Å²) >= 11 is 0. The monoisotopic (exact) mass is 632 g/mol. The van der Waals surface area contributed by atoms with E-state index in [2.05, 4.69) is 10.3 Å². The van der Waals surface area contributed by atoms with Crippen molar-refractivity contribution in [3.63, 3.8) is 0 Å². The van der Waals surface area contributed by atoms with Crippen molar-refractivity contribution in [3.8, 4) is 5.75 Å². The van der Waals surface area contributed by atoms with E-state index in [4.69, 9.17) is 14.6 Å². The maximum Gasteiger partial charge on any atom is 0.490 e. The largest absolute Gasteiger partial charge is 0.490 e. The van der Waals surface area contributed by atoms with Gasteiger partial charge in [0.2, 0.25) is 11.8 Å². The number of halogens is 3. The number of carboxylic acid groups (broad SMARTS) is 1. The Morgan fingerprint density at radius 2 is 1.67 bits per heavy atom. The van der Waals surface area contributed by atoms with E-state index in [0.717, 1.165) is 22.2 Å². The first-order valence-electron chi connectivity index (χ1n) is 13.9. The van der Waals surface area contributed by atoms with Crippen LogP contribution in [0.3, 0.4) is 0 Å². The van der Waals surface area contributed by atoms with Gasteiger partial charge in [-0.15, -0.1) is 0 Å². The Morgan fingerprint density at radius 1 is 1.04 bits per heavy atom. The zero-order chi connectivity index (χ0) is 33.5. The van der Waals surface area contributed by atoms with Gasteiger partial charge in [0.25, 0.3) is 5.91 Å². The first-order valence-corrected chi connectivity index (χ1v) is 13.9. The highest BCUT2D eigenvalue weighted by Gasteiger charge is 2.39. The number of hydrogen-bond acceptors (Lipinski definition) is 7. The van der Waals surface area contributed by atoms with Crippen LogP contribution in [0.4, 0.5) is 13.2 Å². The van der Waals surface area contributed by atoms with Gasteiger partial charge in [-0.1, -0.05) is 39.0 Å². The number of alkyl halides is 3. The number of hydroxylamine groups is 1. The minimum atomic E-state index is -5.08. The van der Waals surface area contributed by atoms with Crippen LogP contribution in [0.1, 0.15) is 48.8 Å². The minimum Gasteiger partial charge on any atom is -0.489 e. The smallest absolute Gasteiger partial charge is 0.489 e. The Morgan fingerprint density at radius 3 is 2.24 bits per heavy atom. The molecule has 1 aliphatic heterocycles. The molecule has 3 aromatic rings. The molecule has 11 nitrogen and oxygen atoms in total. The number of carbonyl (C=O) groups excluding carboxylic acids is 3. The van der Waals surface area contributed by atoms with Gasteiger partial charge in [-0.2, -0.15) is 13.2 Å². The number of nitrogens with zero attached hydrogens (tertiary/aromatic N) is 2. The first kappa shape index (κ1) is 34.8. The molecular weight excluding hydrogens is 597 g/mol. The van der Waals surface area contributed by atoms with Gasteiger partial charge in [0, 0.05) is 40.7 Å². The number of rotatable bonds is 6. The molecule has 4 rings (SSSR count). The third kappa shape index (κ3) is 9.38. The van der Waals surface area contributed by atoms with Crippen molar-refractivity contribution in [2.45, 2.75) is 52.9 Å². The number of ether oxygens (including phenoxy) is 1. The maximum atomic E-state index is 13.1. The van der Waals surface area contributed by atoms with Crippen LogP contribution in [-0.4, -0.2) is 69.2 Å². The Hall–Kier alpha value is -4.72. The molecule has 242 valence electrons. The molecule has 4 N–H and O–H groups in total. The highest BCUT2D eigenvalue weighted by Crippen LogP contribution is 2.25. The number of pyridine rings is 1. The van der Waals surface area contributed by atoms with Crippen LogP contribution < -0.4 is 15.5 Å². The van der Waals surface area contributed by atoms with Gasteiger partial charge in [-0.3, -0.25) is 24.6 Å². The van der Waals surface area contributed by atoms with E-state index < -0.39 is 35.4 Å². The van der Waals surface area contributed by atoms with Crippen LogP contribution >= 0.6 is 0 Å². The third-order valence-electron chi connectivity index (χ3n) is 6.99. The summed E-state index contributed by atoms with van der Waals surface area (Å²) in [7, 11) is 0. The lowest BCUT2D eigenvalue weighted by atomic mass is 9.87. The fraction of sp³-hybridized carbons (Fsp3) is 0.387. The van der Waals surface area contributed by atoms with Crippen molar-refractivity contribution >= 4 is 34.6 Å². The van der Waals surface area contributed by atoms with E-state index in [1.807, 2.05) is 58.0 Å². The number of aromatic nitrogens is 1. The summed E-state index contributed by atoms with van der Waals surface area (Å²) in [5.74, 6) is -3.82. The number of carboxylic acids is 1. The lowest BCUT2D eigenvalue weighted by Gasteiger charge is -2.40. The number of carbonyl (C=O) groups is 4. The summed E-state index contributed by atoms with van der Waals surface area (Å²) in [6, 6.07) is 16.0. The first-order chi connectivity index (χ1) is 21.0. The standard InChI is InChI=1S/C29H34N4O5.C2HF3O2/c1-18-15-20(22-7-5-6-8-24(22)30-18)17-38-21-11-9-19(10-12-21)26(34)31-25-16-33(28(36)29(2,3)4)14-13-23(25)27(35)32-37;3-2(4,5)1(6)7/h5-12,15,23,25,37H,13-14,16-17H2,1-4H3,(H,31,34)(H,32,35);(H,6,7)/t23-,25-;/m0./s1. The fourth-order valence-corrected chi connectivity index (χ4v) is 4.78. The second kappa shape index (κ2) is 14.4. The molecule has 2 heterocycles. The van der Waals surface area contributed by atoms with Crippen molar-refractivity contribution in [2.75, 3.05) is 13.1 Å². The molecule has 3 amide bonds. The van der Waals surface area contributed by atoms with E-state index >= 15 is 0 Å². The number of aryl methyl sites for hydroxylation is 1. The van der Waals surface area contributed by atoms with E-state index in [1.54, 1.807) is 34.6 Å². The number of nitrogens with one attached hydrogen (secondary N) is 2. The number of likely N-dealkylation sites (tertiary alicyclic amines) is 1. The molecule has 2 aromatic carbocycles. The molecular formula is C31H35F3N4O7. The van der Waals surface area contributed by atoms with Crippen LogP contribution in [0.15, 0.2) is 54.6 Å². The second-order valence-electron chi connectivity index (χ2n) is 11.5. The van der Waals surface area contributed by atoms with Crippen LogP contribution in [0, 0.1) is 18.3 Å². The van der Waals surface area contributed by atoms with Gasteiger partial charge in [0.1, 0.15) is 12.4 Å². The molecule has 0 spiro atoms. The number of fused-ring (bicyclic) bond motifs is 1. The topological polar surface area (TPSA) is 158 Å². The predicted molar refractivity (Wildman–Crippen MR) is 156 cm³/mol.